The highest BCUT2D eigenvalue weighted by Crippen LogP contribution is 2.29. The first-order valence-corrected chi connectivity index (χ1v) is 10.5. The van der Waals surface area contributed by atoms with Crippen LogP contribution in [0.5, 0.6) is 0 Å². The van der Waals surface area contributed by atoms with Crippen molar-refractivity contribution in [3.8, 4) is 0 Å². The summed E-state index contributed by atoms with van der Waals surface area (Å²) in [6.45, 7) is 1.48. The van der Waals surface area contributed by atoms with Crippen molar-refractivity contribution in [1.29, 1.82) is 0 Å². The third-order valence-corrected chi connectivity index (χ3v) is 5.33. The summed E-state index contributed by atoms with van der Waals surface area (Å²) in [6.07, 6.45) is 12.2. The maximum Gasteiger partial charge on any atom is 0.139 e. The van der Waals surface area contributed by atoms with Gasteiger partial charge in [-0.2, -0.15) is 0 Å². The van der Waals surface area contributed by atoms with Gasteiger partial charge in [0.1, 0.15) is 24.0 Å². The normalized spacial score (nSPS) is 17.8. The van der Waals surface area contributed by atoms with Crippen molar-refractivity contribution in [2.75, 3.05) is 22.9 Å². The lowest BCUT2D eigenvalue weighted by Gasteiger charge is -2.25. The molecule has 0 radical (unpaired) electrons. The third-order valence-electron chi connectivity index (χ3n) is 5.33. The van der Waals surface area contributed by atoms with Gasteiger partial charge < -0.3 is 19.6 Å². The first kappa shape index (κ1) is 21.0. The monoisotopic (exact) mass is 428 g/mol. The molecule has 0 bridgehead atoms. The van der Waals surface area contributed by atoms with E-state index in [1.54, 1.807) is 0 Å². The molecule has 8 nitrogen and oxygen atoms in total. The van der Waals surface area contributed by atoms with Gasteiger partial charge in [-0.3, -0.25) is 0 Å². The van der Waals surface area contributed by atoms with E-state index >= 15 is 0 Å². The summed E-state index contributed by atoms with van der Waals surface area (Å²) in [7, 11) is 0. The summed E-state index contributed by atoms with van der Waals surface area (Å²) in [4.78, 5) is 29.9. The zero-order chi connectivity index (χ0) is 22.2. The van der Waals surface area contributed by atoms with E-state index in [1.807, 2.05) is 105 Å². The molecule has 4 rings (SSSR count). The van der Waals surface area contributed by atoms with Crippen LogP contribution in [0.2, 0.25) is 0 Å². The topological polar surface area (TPSA) is 71.8 Å². The zero-order valence-electron chi connectivity index (χ0n) is 17.6. The molecule has 0 fully saturated rings. The number of benzene rings is 2. The lowest BCUT2D eigenvalue weighted by molar-refractivity contribution is 0.409. The van der Waals surface area contributed by atoms with Gasteiger partial charge in [0.05, 0.1) is 0 Å². The Kier molecular flexibility index (Phi) is 6.72. The quantitative estimate of drug-likeness (QED) is 0.389. The molecule has 32 heavy (non-hydrogen) atoms. The summed E-state index contributed by atoms with van der Waals surface area (Å²) in [5.74, 6) is 1.46. The van der Waals surface area contributed by atoms with Crippen LogP contribution in [0.25, 0.3) is 0 Å². The van der Waals surface area contributed by atoms with E-state index < -0.39 is 0 Å². The Morgan fingerprint density at radius 1 is 0.594 bits per heavy atom. The summed E-state index contributed by atoms with van der Waals surface area (Å²) < 4.78 is 0. The van der Waals surface area contributed by atoms with E-state index in [1.165, 1.54) is 12.4 Å². The molecule has 0 amide bonds. The van der Waals surface area contributed by atoms with Crippen molar-refractivity contribution in [3.63, 3.8) is 0 Å². The van der Waals surface area contributed by atoms with Crippen molar-refractivity contribution < 1.29 is 0 Å². The van der Waals surface area contributed by atoms with Crippen molar-refractivity contribution in [3.05, 3.63) is 119 Å². The van der Waals surface area contributed by atoms with Gasteiger partial charge in [-0.05, 0) is 47.5 Å². The Morgan fingerprint density at radius 3 is 1.38 bits per heavy atom. The molecule has 0 unspecified atom stereocenters. The van der Waals surface area contributed by atoms with Crippen LogP contribution in [0.4, 0.5) is 11.4 Å². The van der Waals surface area contributed by atoms with Crippen molar-refractivity contribution in [2.45, 2.75) is 12.8 Å². The predicted octanol–water partition coefficient (Wildman–Crippen LogP) is 5.48. The van der Waals surface area contributed by atoms with Crippen LogP contribution < -0.4 is 9.80 Å². The van der Waals surface area contributed by atoms with Crippen LogP contribution in [0, 0.1) is 9.81 Å². The second kappa shape index (κ2) is 10.2. The molecule has 0 saturated carbocycles. The molecule has 2 heterocycles. The Labute approximate surface area is 187 Å². The van der Waals surface area contributed by atoms with Gasteiger partial charge in [-0.1, -0.05) is 36.4 Å². The molecule has 2 aliphatic rings. The second-order valence-electron chi connectivity index (χ2n) is 7.29. The molecule has 2 aromatic rings. The molecule has 0 saturated heterocycles. The SMILES string of the molecule is O=N/C=C1/N(CCCCN2C=CN(c3ccccc3)/C2=C/N=O)C=CN1c1ccccc1. The van der Waals surface area contributed by atoms with Gasteiger partial charge in [0.15, 0.2) is 0 Å². The molecular formula is C24H24N6O2. The molecule has 0 atom stereocenters. The number of hydrogen-bond donors (Lipinski definition) is 0. The molecule has 0 aliphatic carbocycles. The Hall–Kier alpha value is -4.20. The number of nitrogens with zero attached hydrogens (tertiary/aromatic N) is 6. The molecule has 0 N–H and O–H groups in total. The van der Waals surface area contributed by atoms with E-state index in [0.717, 1.165) is 48.9 Å². The van der Waals surface area contributed by atoms with Gasteiger partial charge in [0.25, 0.3) is 0 Å². The number of rotatable bonds is 9. The molecule has 8 heteroatoms. The van der Waals surface area contributed by atoms with Crippen LogP contribution >= 0.6 is 0 Å². The smallest absolute Gasteiger partial charge is 0.139 e. The third kappa shape index (κ3) is 4.59. The summed E-state index contributed by atoms with van der Waals surface area (Å²) in [6, 6.07) is 19.7. The Morgan fingerprint density at radius 2 is 1.00 bits per heavy atom. The minimum absolute atomic E-state index is 0.730. The van der Waals surface area contributed by atoms with Crippen molar-refractivity contribution in [1.82, 2.24) is 9.80 Å². The highest BCUT2D eigenvalue weighted by molar-refractivity contribution is 5.57. The number of anilines is 2. The van der Waals surface area contributed by atoms with Gasteiger partial charge in [0, 0.05) is 49.3 Å². The second-order valence-corrected chi connectivity index (χ2v) is 7.29. The van der Waals surface area contributed by atoms with E-state index in [-0.39, 0.29) is 0 Å². The minimum Gasteiger partial charge on any atom is -0.331 e. The number of unbranched alkanes of at least 4 members (excludes halogenated alkanes) is 1. The Balaban J connectivity index is 1.33. The highest BCUT2D eigenvalue weighted by Gasteiger charge is 2.23. The fraction of sp³-hybridized carbons (Fsp3) is 0.167. The molecule has 0 spiro atoms. The van der Waals surface area contributed by atoms with Gasteiger partial charge >= 0.3 is 0 Å². The van der Waals surface area contributed by atoms with Crippen LogP contribution in [-0.2, 0) is 0 Å². The van der Waals surface area contributed by atoms with E-state index in [9.17, 15) is 9.81 Å². The summed E-state index contributed by atoms with van der Waals surface area (Å²) in [5, 5.41) is 5.99. The highest BCUT2D eigenvalue weighted by atomic mass is 16.3. The summed E-state index contributed by atoms with van der Waals surface area (Å²) >= 11 is 0. The molecule has 0 aromatic heterocycles. The molecule has 162 valence electrons. The average Bonchev–Trinajstić information content (AvgIpc) is 3.42. The molecule has 2 aliphatic heterocycles. The average molecular weight is 428 g/mol. The number of nitroso groups, excluding NO2 is 2. The van der Waals surface area contributed by atoms with E-state index in [0.29, 0.717) is 0 Å². The minimum atomic E-state index is 0.730. The van der Waals surface area contributed by atoms with Crippen LogP contribution in [0.3, 0.4) is 0 Å². The zero-order valence-corrected chi connectivity index (χ0v) is 17.6. The maximum atomic E-state index is 11.0. The maximum absolute atomic E-state index is 11.0. The number of hydrogen-bond acceptors (Lipinski definition) is 8. The van der Waals surface area contributed by atoms with Gasteiger partial charge in [-0.25, -0.2) is 0 Å². The number of para-hydroxylation sites is 2. The largest absolute Gasteiger partial charge is 0.331 e. The fourth-order valence-electron chi connectivity index (χ4n) is 3.80. The van der Waals surface area contributed by atoms with Crippen LogP contribution in [0.1, 0.15) is 12.8 Å². The first-order valence-electron chi connectivity index (χ1n) is 10.5. The first-order chi connectivity index (χ1) is 15.8. The van der Waals surface area contributed by atoms with Crippen molar-refractivity contribution in [2.24, 2.45) is 10.4 Å². The van der Waals surface area contributed by atoms with Crippen LogP contribution in [-0.4, -0.2) is 22.9 Å². The lowest BCUT2D eigenvalue weighted by atomic mass is 10.2. The van der Waals surface area contributed by atoms with E-state index in [4.69, 9.17) is 0 Å². The predicted molar refractivity (Wildman–Crippen MR) is 127 cm³/mol. The fourth-order valence-corrected chi connectivity index (χ4v) is 3.80. The summed E-state index contributed by atoms with van der Waals surface area (Å²) in [5.41, 5.74) is 1.95. The molecular weight excluding hydrogens is 404 g/mol. The molecule has 2 aromatic carbocycles. The Bertz CT molecular complexity index is 963. The van der Waals surface area contributed by atoms with Crippen LogP contribution in [0.15, 0.2) is 120 Å². The van der Waals surface area contributed by atoms with E-state index in [2.05, 4.69) is 10.4 Å². The van der Waals surface area contributed by atoms with Gasteiger partial charge in [-0.15, -0.1) is 9.81 Å². The lowest BCUT2D eigenvalue weighted by Crippen LogP contribution is -2.25. The van der Waals surface area contributed by atoms with Crippen molar-refractivity contribution >= 4 is 11.4 Å². The standard InChI is InChI=1S/C24H24N6O2/c31-25-19-23-27(15-17-29(23)21-9-3-1-4-10-21)13-7-8-14-28-16-18-30(24(28)20-26-32)22-11-5-2-6-12-22/h1-6,9-12,15-20H,7-8,13-14H2/b23-19-,24-20+. The van der Waals surface area contributed by atoms with Gasteiger partial charge in [0.2, 0.25) is 0 Å².